The molecule has 4 rings (SSSR count). The molecule has 3 heterocycles. The zero-order valence-corrected chi connectivity index (χ0v) is 14.5. The summed E-state index contributed by atoms with van der Waals surface area (Å²) in [6.45, 7) is 3.73. The molecule has 25 heavy (non-hydrogen) atoms. The topological polar surface area (TPSA) is 49.0 Å². The van der Waals surface area contributed by atoms with E-state index in [9.17, 15) is 4.79 Å². The van der Waals surface area contributed by atoms with E-state index in [0.29, 0.717) is 12.3 Å². The van der Waals surface area contributed by atoms with Crippen LogP contribution in [-0.4, -0.2) is 33.9 Å². The molecule has 1 aliphatic heterocycles. The van der Waals surface area contributed by atoms with Crippen LogP contribution in [0.1, 0.15) is 35.6 Å². The molecule has 1 N–H and O–H groups in total. The van der Waals surface area contributed by atoms with Gasteiger partial charge in [-0.3, -0.25) is 9.78 Å². The number of piperidine rings is 1. The quantitative estimate of drug-likeness (QED) is 0.792. The van der Waals surface area contributed by atoms with Crippen LogP contribution in [0.4, 0.5) is 0 Å². The van der Waals surface area contributed by atoms with Crippen molar-refractivity contribution in [2.24, 2.45) is 0 Å². The average Bonchev–Trinajstić information content (AvgIpc) is 3.08. The number of fused-ring (bicyclic) bond motifs is 1. The highest BCUT2D eigenvalue weighted by Crippen LogP contribution is 2.29. The number of rotatable bonds is 3. The summed E-state index contributed by atoms with van der Waals surface area (Å²) in [6.07, 6.45) is 4.34. The largest absolute Gasteiger partial charge is 0.357 e. The Balaban J connectivity index is 1.37. The second-order valence-corrected chi connectivity index (χ2v) is 6.98. The number of nitrogens with zero attached hydrogens (tertiary/aromatic N) is 2. The molecular weight excluding hydrogens is 310 g/mol. The van der Waals surface area contributed by atoms with Crippen LogP contribution in [0.5, 0.6) is 0 Å². The van der Waals surface area contributed by atoms with Crippen molar-refractivity contribution in [2.75, 3.05) is 13.1 Å². The minimum atomic E-state index is 0.237. The van der Waals surface area contributed by atoms with E-state index in [0.717, 1.165) is 42.5 Å². The first kappa shape index (κ1) is 15.9. The second kappa shape index (κ2) is 6.71. The molecule has 1 aliphatic rings. The predicted octanol–water partition coefficient (Wildman–Crippen LogP) is 3.82. The van der Waals surface area contributed by atoms with Crippen LogP contribution in [0, 0.1) is 6.92 Å². The van der Waals surface area contributed by atoms with Crippen LogP contribution in [0.2, 0.25) is 0 Å². The summed E-state index contributed by atoms with van der Waals surface area (Å²) < 4.78 is 0. The van der Waals surface area contributed by atoms with Gasteiger partial charge in [-0.2, -0.15) is 0 Å². The van der Waals surface area contributed by atoms with Crippen molar-refractivity contribution in [1.29, 1.82) is 0 Å². The zero-order valence-electron chi connectivity index (χ0n) is 14.5. The van der Waals surface area contributed by atoms with Gasteiger partial charge < -0.3 is 9.88 Å². The molecule has 128 valence electrons. The molecule has 0 atom stereocenters. The van der Waals surface area contributed by atoms with E-state index in [4.69, 9.17) is 0 Å². The summed E-state index contributed by atoms with van der Waals surface area (Å²) in [5.74, 6) is 0.721. The molecule has 1 amide bonds. The number of H-pyrrole nitrogens is 1. The van der Waals surface area contributed by atoms with Gasteiger partial charge >= 0.3 is 0 Å². The van der Waals surface area contributed by atoms with E-state index in [1.54, 1.807) is 0 Å². The molecule has 1 saturated heterocycles. The SMILES string of the molecule is Cc1ccc(CC(=O)N2CCC(c3cc4ncccc4[nH]3)CC2)cc1. The second-order valence-electron chi connectivity index (χ2n) is 6.98. The molecule has 0 spiro atoms. The van der Waals surface area contributed by atoms with Gasteiger partial charge in [0.2, 0.25) is 5.91 Å². The minimum Gasteiger partial charge on any atom is -0.357 e. The van der Waals surface area contributed by atoms with Crippen molar-refractivity contribution in [1.82, 2.24) is 14.9 Å². The number of aromatic nitrogens is 2. The summed E-state index contributed by atoms with van der Waals surface area (Å²) in [5, 5.41) is 0. The fraction of sp³-hybridized carbons (Fsp3) is 0.333. The fourth-order valence-electron chi connectivity index (χ4n) is 3.63. The average molecular weight is 333 g/mol. The lowest BCUT2D eigenvalue weighted by molar-refractivity contribution is -0.131. The molecule has 4 nitrogen and oxygen atoms in total. The van der Waals surface area contributed by atoms with E-state index >= 15 is 0 Å². The maximum absolute atomic E-state index is 12.5. The lowest BCUT2D eigenvalue weighted by Gasteiger charge is -2.31. The maximum atomic E-state index is 12.5. The first-order chi connectivity index (χ1) is 12.2. The number of amides is 1. The summed E-state index contributed by atoms with van der Waals surface area (Å²) in [4.78, 5) is 22.4. The third-order valence-electron chi connectivity index (χ3n) is 5.17. The number of aryl methyl sites for hydroxylation is 1. The van der Waals surface area contributed by atoms with Crippen LogP contribution < -0.4 is 0 Å². The fourth-order valence-corrected chi connectivity index (χ4v) is 3.63. The van der Waals surface area contributed by atoms with E-state index in [-0.39, 0.29) is 5.91 Å². The maximum Gasteiger partial charge on any atom is 0.226 e. The van der Waals surface area contributed by atoms with Crippen molar-refractivity contribution < 1.29 is 4.79 Å². The highest BCUT2D eigenvalue weighted by Gasteiger charge is 2.24. The Kier molecular flexibility index (Phi) is 4.26. The van der Waals surface area contributed by atoms with Gasteiger partial charge in [-0.15, -0.1) is 0 Å². The van der Waals surface area contributed by atoms with Crippen molar-refractivity contribution in [3.63, 3.8) is 0 Å². The summed E-state index contributed by atoms with van der Waals surface area (Å²) in [5.41, 5.74) is 5.69. The normalized spacial score (nSPS) is 15.6. The van der Waals surface area contributed by atoms with Gasteiger partial charge in [0, 0.05) is 30.9 Å². The molecule has 1 fully saturated rings. The van der Waals surface area contributed by atoms with Crippen molar-refractivity contribution in [3.05, 3.63) is 65.5 Å². The summed E-state index contributed by atoms with van der Waals surface area (Å²) >= 11 is 0. The number of likely N-dealkylation sites (tertiary alicyclic amines) is 1. The van der Waals surface area contributed by atoms with Gasteiger partial charge in [-0.05, 0) is 43.5 Å². The summed E-state index contributed by atoms with van der Waals surface area (Å²) in [7, 11) is 0. The Morgan fingerprint density at radius 1 is 1.20 bits per heavy atom. The Bertz CT molecular complexity index is 841. The molecular formula is C21H23N3O. The number of carbonyl (C=O) groups is 1. The number of nitrogens with one attached hydrogen (secondary N) is 1. The first-order valence-corrected chi connectivity index (χ1v) is 8.96. The van der Waals surface area contributed by atoms with E-state index in [2.05, 4.69) is 53.3 Å². The van der Waals surface area contributed by atoms with Crippen LogP contribution in [0.25, 0.3) is 11.0 Å². The smallest absolute Gasteiger partial charge is 0.226 e. The van der Waals surface area contributed by atoms with E-state index < -0.39 is 0 Å². The minimum absolute atomic E-state index is 0.237. The lowest BCUT2D eigenvalue weighted by atomic mass is 9.93. The molecule has 0 bridgehead atoms. The Labute approximate surface area is 147 Å². The molecule has 4 heteroatoms. The lowest BCUT2D eigenvalue weighted by Crippen LogP contribution is -2.38. The number of carbonyl (C=O) groups excluding carboxylic acids is 1. The standard InChI is InChI=1S/C21H23N3O/c1-15-4-6-16(7-5-15)13-21(25)24-11-8-17(9-12-24)19-14-20-18(23-19)3-2-10-22-20/h2-7,10,14,17,23H,8-9,11-13H2,1H3. The van der Waals surface area contributed by atoms with Crippen LogP contribution in [0.15, 0.2) is 48.7 Å². The van der Waals surface area contributed by atoms with Crippen LogP contribution >= 0.6 is 0 Å². The van der Waals surface area contributed by atoms with Gasteiger partial charge in [-0.25, -0.2) is 0 Å². The molecule has 0 radical (unpaired) electrons. The number of aromatic amines is 1. The Morgan fingerprint density at radius 3 is 2.68 bits per heavy atom. The zero-order chi connectivity index (χ0) is 17.2. The Morgan fingerprint density at radius 2 is 1.96 bits per heavy atom. The third kappa shape index (κ3) is 3.43. The van der Waals surface area contributed by atoms with Gasteiger partial charge in [-0.1, -0.05) is 29.8 Å². The highest BCUT2D eigenvalue weighted by atomic mass is 16.2. The van der Waals surface area contributed by atoms with E-state index in [1.807, 2.05) is 17.2 Å². The van der Waals surface area contributed by atoms with Gasteiger partial charge in [0.05, 0.1) is 17.5 Å². The molecule has 2 aromatic heterocycles. The van der Waals surface area contributed by atoms with Gasteiger partial charge in [0.15, 0.2) is 0 Å². The molecule has 0 unspecified atom stereocenters. The number of hydrogen-bond acceptors (Lipinski definition) is 2. The van der Waals surface area contributed by atoms with Crippen molar-refractivity contribution in [3.8, 4) is 0 Å². The monoisotopic (exact) mass is 333 g/mol. The van der Waals surface area contributed by atoms with Gasteiger partial charge in [0.25, 0.3) is 0 Å². The highest BCUT2D eigenvalue weighted by molar-refractivity contribution is 5.79. The van der Waals surface area contributed by atoms with Crippen LogP contribution in [0.3, 0.4) is 0 Å². The van der Waals surface area contributed by atoms with Crippen molar-refractivity contribution in [2.45, 2.75) is 32.1 Å². The van der Waals surface area contributed by atoms with Crippen molar-refractivity contribution >= 4 is 16.9 Å². The third-order valence-corrected chi connectivity index (χ3v) is 5.17. The molecule has 1 aromatic carbocycles. The Hall–Kier alpha value is -2.62. The van der Waals surface area contributed by atoms with E-state index in [1.165, 1.54) is 11.3 Å². The number of pyridine rings is 1. The predicted molar refractivity (Wildman–Crippen MR) is 99.5 cm³/mol. The molecule has 0 saturated carbocycles. The number of hydrogen-bond donors (Lipinski definition) is 1. The summed E-state index contributed by atoms with van der Waals surface area (Å²) in [6, 6.07) is 14.4. The molecule has 3 aromatic rings. The number of benzene rings is 1. The van der Waals surface area contributed by atoms with Gasteiger partial charge in [0.1, 0.15) is 0 Å². The van der Waals surface area contributed by atoms with Crippen LogP contribution in [-0.2, 0) is 11.2 Å². The molecule has 0 aliphatic carbocycles. The first-order valence-electron chi connectivity index (χ1n) is 8.96.